The number of carbonyl (C=O) groups excluding carboxylic acids is 1. The van der Waals surface area contributed by atoms with Crippen LogP contribution >= 0.6 is 0 Å². The van der Waals surface area contributed by atoms with E-state index < -0.39 is 27.7 Å². The molecule has 3 N–H and O–H groups in total. The van der Waals surface area contributed by atoms with E-state index in [1.54, 1.807) is 4.90 Å². The molecule has 1 aromatic rings. The molecule has 1 saturated heterocycles. The number of hydrogen-bond donors (Lipinski definition) is 2. The maximum atomic E-state index is 13.7. The molecule has 6 nitrogen and oxygen atoms in total. The number of amides is 1. The van der Waals surface area contributed by atoms with Crippen LogP contribution in [0.3, 0.4) is 0 Å². The highest BCUT2D eigenvalue weighted by atomic mass is 32.2. The van der Waals surface area contributed by atoms with Gasteiger partial charge >= 0.3 is 0 Å². The van der Waals surface area contributed by atoms with E-state index in [1.165, 1.54) is 12.1 Å². The number of likely N-dealkylation sites (tertiary alicyclic amines) is 1. The Hall–Kier alpha value is -2.10. The van der Waals surface area contributed by atoms with E-state index in [0.717, 1.165) is 18.1 Å². The minimum Gasteiger partial charge on any atom is -0.338 e. The van der Waals surface area contributed by atoms with E-state index in [-0.39, 0.29) is 35.7 Å². The average Bonchev–Trinajstić information content (AvgIpc) is 3.33. The quantitative estimate of drug-likeness (QED) is 0.608. The van der Waals surface area contributed by atoms with E-state index in [4.69, 9.17) is 5.73 Å². The van der Waals surface area contributed by atoms with Gasteiger partial charge in [0.15, 0.2) is 11.6 Å². The van der Waals surface area contributed by atoms with Crippen LogP contribution in [0.25, 0.3) is 0 Å². The third-order valence-corrected chi connectivity index (χ3v) is 7.42. The van der Waals surface area contributed by atoms with Crippen molar-refractivity contribution in [2.45, 2.75) is 50.1 Å². The highest BCUT2D eigenvalue weighted by Crippen LogP contribution is 2.37. The number of carbonyl (C=O) groups is 1. The Bertz CT molecular complexity index is 964. The van der Waals surface area contributed by atoms with Crippen molar-refractivity contribution >= 4 is 15.9 Å². The first-order chi connectivity index (χ1) is 14.1. The first kappa shape index (κ1) is 22.6. The molecule has 1 fully saturated rings. The molecule has 0 aromatic heterocycles. The minimum atomic E-state index is -3.72. The van der Waals surface area contributed by atoms with Gasteiger partial charge in [0, 0.05) is 37.5 Å². The number of nitrogens with one attached hydrogen (secondary N) is 1. The lowest BCUT2D eigenvalue weighted by Crippen LogP contribution is -2.45. The highest BCUT2D eigenvalue weighted by Gasteiger charge is 2.34. The molecule has 2 aliphatic rings. The molecule has 1 amide bonds. The van der Waals surface area contributed by atoms with Crippen LogP contribution in [-0.2, 0) is 21.2 Å². The lowest BCUT2D eigenvalue weighted by molar-refractivity contribution is -0.132. The zero-order valence-electron chi connectivity index (χ0n) is 16.7. The molecule has 3 rings (SSSR count). The number of benzene rings is 1. The average molecular weight is 440 g/mol. The lowest BCUT2D eigenvalue weighted by Gasteiger charge is -2.28. The molecule has 164 valence electrons. The van der Waals surface area contributed by atoms with Gasteiger partial charge in [-0.15, -0.1) is 0 Å². The molecule has 0 saturated carbocycles. The van der Waals surface area contributed by atoms with Crippen molar-refractivity contribution in [2.24, 2.45) is 5.73 Å². The van der Waals surface area contributed by atoms with Gasteiger partial charge in [0.05, 0.1) is 4.91 Å². The van der Waals surface area contributed by atoms with Crippen LogP contribution in [0.15, 0.2) is 36.3 Å². The van der Waals surface area contributed by atoms with E-state index >= 15 is 0 Å². The van der Waals surface area contributed by atoms with Crippen molar-refractivity contribution in [1.82, 2.24) is 9.62 Å². The zero-order valence-corrected chi connectivity index (χ0v) is 17.6. The number of nitrogens with zero attached hydrogens (tertiary/aromatic N) is 1. The summed E-state index contributed by atoms with van der Waals surface area (Å²) in [6, 6.07) is 1.60. The number of hydrogen-bond acceptors (Lipinski definition) is 4. The first-order valence-electron chi connectivity index (χ1n) is 9.98. The van der Waals surface area contributed by atoms with E-state index in [1.807, 2.05) is 0 Å². The van der Waals surface area contributed by atoms with Gasteiger partial charge in [-0.1, -0.05) is 13.2 Å². The molecule has 0 bridgehead atoms. The third-order valence-electron chi connectivity index (χ3n) is 6.01. The largest absolute Gasteiger partial charge is 0.338 e. The monoisotopic (exact) mass is 439 g/mol. The van der Waals surface area contributed by atoms with Gasteiger partial charge in [0.1, 0.15) is 0 Å². The summed E-state index contributed by atoms with van der Waals surface area (Å²) in [6.45, 7) is 7.47. The summed E-state index contributed by atoms with van der Waals surface area (Å²) in [7, 11) is -3.72. The number of sulfonamides is 1. The first-order valence-corrected chi connectivity index (χ1v) is 11.5. The number of allylic oxidation sites excluding steroid dienone is 1. The number of aryl methyl sites for hydroxylation is 1. The summed E-state index contributed by atoms with van der Waals surface area (Å²) in [5.74, 6) is -2.16. The SMILES string of the molecule is C=CC(=C)S(=O)(=O)NCC1CCCN1C(=O)CC(N)C1CCc2cc(F)c(F)cc21. The molecule has 0 spiro atoms. The van der Waals surface area contributed by atoms with Crippen LogP contribution in [0, 0.1) is 11.6 Å². The summed E-state index contributed by atoms with van der Waals surface area (Å²) in [5.41, 5.74) is 7.70. The number of halogens is 2. The molecule has 30 heavy (non-hydrogen) atoms. The molecule has 0 radical (unpaired) electrons. The Morgan fingerprint density at radius 2 is 2.03 bits per heavy atom. The molecule has 1 aliphatic heterocycles. The summed E-state index contributed by atoms with van der Waals surface area (Å²) < 4.78 is 53.7. The van der Waals surface area contributed by atoms with Crippen LogP contribution < -0.4 is 10.5 Å². The van der Waals surface area contributed by atoms with Gasteiger partial charge in [-0.2, -0.15) is 0 Å². The van der Waals surface area contributed by atoms with Crippen LogP contribution in [0.2, 0.25) is 0 Å². The normalized spacial score (nSPS) is 22.0. The van der Waals surface area contributed by atoms with Crippen molar-refractivity contribution in [2.75, 3.05) is 13.1 Å². The van der Waals surface area contributed by atoms with Crippen molar-refractivity contribution in [3.05, 3.63) is 59.0 Å². The molecular weight excluding hydrogens is 412 g/mol. The van der Waals surface area contributed by atoms with Crippen LogP contribution in [0.1, 0.15) is 42.7 Å². The lowest BCUT2D eigenvalue weighted by atomic mass is 9.91. The van der Waals surface area contributed by atoms with Crippen molar-refractivity contribution in [1.29, 1.82) is 0 Å². The Morgan fingerprint density at radius 1 is 1.33 bits per heavy atom. The summed E-state index contributed by atoms with van der Waals surface area (Å²) in [4.78, 5) is 14.4. The minimum absolute atomic E-state index is 0.0612. The molecule has 9 heteroatoms. The van der Waals surface area contributed by atoms with E-state index in [2.05, 4.69) is 17.9 Å². The maximum absolute atomic E-state index is 13.7. The Morgan fingerprint density at radius 3 is 2.73 bits per heavy atom. The maximum Gasteiger partial charge on any atom is 0.240 e. The van der Waals surface area contributed by atoms with Crippen LogP contribution in [0.4, 0.5) is 8.78 Å². The third kappa shape index (κ3) is 4.63. The summed E-state index contributed by atoms with van der Waals surface area (Å²) >= 11 is 0. The van der Waals surface area contributed by atoms with Crippen molar-refractivity contribution in [3.63, 3.8) is 0 Å². The van der Waals surface area contributed by atoms with Crippen LogP contribution in [-0.4, -0.2) is 44.4 Å². The zero-order chi connectivity index (χ0) is 22.1. The summed E-state index contributed by atoms with van der Waals surface area (Å²) in [5, 5.41) is 0. The molecule has 1 heterocycles. The Kier molecular flexibility index (Phi) is 6.74. The van der Waals surface area contributed by atoms with Crippen LogP contribution in [0.5, 0.6) is 0 Å². The summed E-state index contributed by atoms with van der Waals surface area (Å²) in [6.07, 6.45) is 3.91. The number of fused-ring (bicyclic) bond motifs is 1. The second-order valence-corrected chi connectivity index (χ2v) is 9.70. The number of rotatable bonds is 8. The van der Waals surface area contributed by atoms with E-state index in [0.29, 0.717) is 31.4 Å². The standard InChI is InChI=1S/C21H27F2N3O3S/c1-3-13(2)30(28,29)25-12-15-5-4-8-26(15)21(27)11-20(24)16-7-6-14-9-18(22)19(23)10-17(14)16/h3,9-10,15-16,20,25H,1-2,4-8,11-12,24H2. The van der Waals surface area contributed by atoms with E-state index in [9.17, 15) is 22.0 Å². The molecule has 1 aromatic carbocycles. The van der Waals surface area contributed by atoms with Gasteiger partial charge in [0.25, 0.3) is 0 Å². The van der Waals surface area contributed by atoms with Gasteiger partial charge < -0.3 is 10.6 Å². The molecule has 3 atom stereocenters. The van der Waals surface area contributed by atoms with Gasteiger partial charge in [0.2, 0.25) is 15.9 Å². The smallest absolute Gasteiger partial charge is 0.240 e. The Balaban J connectivity index is 1.62. The highest BCUT2D eigenvalue weighted by molar-refractivity contribution is 7.93. The molecular formula is C21H27F2N3O3S. The molecule has 1 aliphatic carbocycles. The Labute approximate surface area is 175 Å². The van der Waals surface area contributed by atoms with Gasteiger partial charge in [-0.05, 0) is 55.0 Å². The molecule has 3 unspecified atom stereocenters. The fourth-order valence-electron chi connectivity index (χ4n) is 4.32. The predicted octanol–water partition coefficient (Wildman–Crippen LogP) is 2.32. The predicted molar refractivity (Wildman–Crippen MR) is 111 cm³/mol. The fourth-order valence-corrected chi connectivity index (χ4v) is 5.14. The van der Waals surface area contributed by atoms with Gasteiger partial charge in [-0.3, -0.25) is 4.79 Å². The number of nitrogens with two attached hydrogens (primary N) is 1. The second-order valence-electron chi connectivity index (χ2n) is 7.88. The topological polar surface area (TPSA) is 92.5 Å². The van der Waals surface area contributed by atoms with Gasteiger partial charge in [-0.25, -0.2) is 21.9 Å². The second kappa shape index (κ2) is 8.95. The van der Waals surface area contributed by atoms with Crippen molar-refractivity contribution in [3.8, 4) is 0 Å². The fraction of sp³-hybridized carbons (Fsp3) is 0.476. The van der Waals surface area contributed by atoms with Crippen molar-refractivity contribution < 1.29 is 22.0 Å².